The topological polar surface area (TPSA) is 58.6 Å². The lowest BCUT2D eigenvalue weighted by Gasteiger charge is -2.35. The number of nitrogens with zero attached hydrogens (tertiary/aromatic N) is 1. The summed E-state index contributed by atoms with van der Waals surface area (Å²) in [5, 5.41) is 0. The van der Waals surface area contributed by atoms with Crippen molar-refractivity contribution in [2.45, 2.75) is 65.2 Å². The number of rotatable bonds is 3. The van der Waals surface area contributed by atoms with Gasteiger partial charge in [0.05, 0.1) is 12.2 Å². The van der Waals surface area contributed by atoms with Crippen molar-refractivity contribution in [3.63, 3.8) is 0 Å². The molecule has 112 valence electrons. The molecule has 1 aliphatic heterocycles. The van der Waals surface area contributed by atoms with Crippen molar-refractivity contribution in [3.8, 4) is 0 Å². The Morgan fingerprint density at radius 1 is 1.21 bits per heavy atom. The van der Waals surface area contributed by atoms with Crippen LogP contribution in [0.3, 0.4) is 0 Å². The van der Waals surface area contributed by atoms with E-state index in [1.807, 2.05) is 13.8 Å². The lowest BCUT2D eigenvalue weighted by Crippen LogP contribution is -2.53. The first-order valence-corrected chi connectivity index (χ1v) is 8.55. The zero-order valence-electron chi connectivity index (χ0n) is 12.3. The number of hydrogen-bond acceptors (Lipinski definition) is 3. The van der Waals surface area contributed by atoms with Crippen molar-refractivity contribution in [1.29, 1.82) is 0 Å². The highest BCUT2D eigenvalue weighted by Crippen LogP contribution is 2.37. The van der Waals surface area contributed by atoms with Gasteiger partial charge in [0.15, 0.2) is 0 Å². The molecule has 1 heterocycles. The van der Waals surface area contributed by atoms with Crippen molar-refractivity contribution in [1.82, 2.24) is 9.03 Å². The third kappa shape index (κ3) is 3.90. The van der Waals surface area contributed by atoms with E-state index >= 15 is 0 Å². The lowest BCUT2D eigenvalue weighted by atomic mass is 9.92. The molecule has 2 fully saturated rings. The van der Waals surface area contributed by atoms with Crippen LogP contribution in [0, 0.1) is 5.41 Å². The first kappa shape index (κ1) is 15.2. The van der Waals surface area contributed by atoms with Crippen LogP contribution in [-0.2, 0) is 14.9 Å². The summed E-state index contributed by atoms with van der Waals surface area (Å²) in [6.07, 6.45) is 2.85. The maximum Gasteiger partial charge on any atom is 0.279 e. The minimum Gasteiger partial charge on any atom is -0.373 e. The largest absolute Gasteiger partial charge is 0.373 e. The van der Waals surface area contributed by atoms with Crippen LogP contribution < -0.4 is 4.72 Å². The van der Waals surface area contributed by atoms with E-state index in [9.17, 15) is 8.42 Å². The van der Waals surface area contributed by atoms with Gasteiger partial charge >= 0.3 is 0 Å². The van der Waals surface area contributed by atoms with E-state index in [2.05, 4.69) is 18.6 Å². The van der Waals surface area contributed by atoms with E-state index in [-0.39, 0.29) is 23.7 Å². The Morgan fingerprint density at radius 2 is 1.79 bits per heavy atom. The van der Waals surface area contributed by atoms with Gasteiger partial charge in [0.2, 0.25) is 0 Å². The van der Waals surface area contributed by atoms with Gasteiger partial charge in [0.25, 0.3) is 10.2 Å². The molecule has 0 bridgehead atoms. The summed E-state index contributed by atoms with van der Waals surface area (Å²) in [7, 11) is -3.38. The predicted octanol–water partition coefficient (Wildman–Crippen LogP) is 1.51. The molecule has 0 aromatic rings. The van der Waals surface area contributed by atoms with Crippen molar-refractivity contribution in [2.24, 2.45) is 5.41 Å². The second kappa shape index (κ2) is 5.31. The maximum atomic E-state index is 12.4. The average Bonchev–Trinajstić information content (AvgIpc) is 2.55. The molecule has 1 saturated heterocycles. The summed E-state index contributed by atoms with van der Waals surface area (Å²) < 4.78 is 34.8. The first-order chi connectivity index (χ1) is 8.68. The quantitative estimate of drug-likeness (QED) is 0.857. The Hall–Kier alpha value is -0.170. The summed E-state index contributed by atoms with van der Waals surface area (Å²) in [6.45, 7) is 9.10. The number of hydrogen-bond donors (Lipinski definition) is 1. The second-order valence-corrected chi connectivity index (χ2v) is 8.50. The van der Waals surface area contributed by atoms with Crippen molar-refractivity contribution in [2.75, 3.05) is 13.1 Å². The van der Waals surface area contributed by atoms with Crippen molar-refractivity contribution in [3.05, 3.63) is 0 Å². The molecule has 0 spiro atoms. The third-order valence-electron chi connectivity index (χ3n) is 4.01. The maximum absolute atomic E-state index is 12.4. The van der Waals surface area contributed by atoms with Crippen LogP contribution in [0.5, 0.6) is 0 Å². The Bertz CT molecular complexity index is 412. The Morgan fingerprint density at radius 3 is 2.26 bits per heavy atom. The third-order valence-corrected chi connectivity index (χ3v) is 5.62. The van der Waals surface area contributed by atoms with E-state index in [0.29, 0.717) is 13.1 Å². The van der Waals surface area contributed by atoms with E-state index in [1.165, 1.54) is 4.31 Å². The fourth-order valence-electron chi connectivity index (χ4n) is 3.15. The average molecular weight is 290 g/mol. The fraction of sp³-hybridized carbons (Fsp3) is 1.00. The SMILES string of the molecule is CC1CN(S(=O)(=O)NC2CCC(C)(C)C2)CC(C)O1. The molecule has 0 amide bonds. The van der Waals surface area contributed by atoms with Crippen molar-refractivity contribution < 1.29 is 13.2 Å². The molecule has 0 aromatic carbocycles. The van der Waals surface area contributed by atoms with Gasteiger partial charge in [-0.1, -0.05) is 13.8 Å². The normalized spacial score (nSPS) is 36.5. The number of morpholine rings is 1. The summed E-state index contributed by atoms with van der Waals surface area (Å²) >= 11 is 0. The molecule has 2 rings (SSSR count). The Kier molecular flexibility index (Phi) is 4.26. The second-order valence-electron chi connectivity index (χ2n) is 6.80. The zero-order valence-corrected chi connectivity index (χ0v) is 13.2. The van der Waals surface area contributed by atoms with E-state index < -0.39 is 10.2 Å². The van der Waals surface area contributed by atoms with Crippen LogP contribution in [0.15, 0.2) is 0 Å². The highest BCUT2D eigenvalue weighted by atomic mass is 32.2. The first-order valence-electron chi connectivity index (χ1n) is 7.11. The van der Waals surface area contributed by atoms with Gasteiger partial charge in [-0.15, -0.1) is 0 Å². The highest BCUT2D eigenvalue weighted by Gasteiger charge is 2.36. The minimum atomic E-state index is -3.38. The standard InChI is InChI=1S/C13H26N2O3S/c1-10-8-15(9-11(2)18-10)19(16,17)14-12-5-6-13(3,4)7-12/h10-12,14H,5-9H2,1-4H3. The Balaban J connectivity index is 1.98. The lowest BCUT2D eigenvalue weighted by molar-refractivity contribution is -0.0444. The highest BCUT2D eigenvalue weighted by molar-refractivity contribution is 7.87. The molecular weight excluding hydrogens is 264 g/mol. The predicted molar refractivity (Wildman–Crippen MR) is 75.1 cm³/mol. The fourth-order valence-corrected chi connectivity index (χ4v) is 4.73. The van der Waals surface area contributed by atoms with Crippen LogP contribution in [0.1, 0.15) is 47.0 Å². The molecule has 3 unspecified atom stereocenters. The molecule has 3 atom stereocenters. The monoisotopic (exact) mass is 290 g/mol. The summed E-state index contributed by atoms with van der Waals surface area (Å²) in [5.41, 5.74) is 0.249. The summed E-state index contributed by atoms with van der Waals surface area (Å²) in [6, 6.07) is 0.0773. The summed E-state index contributed by atoms with van der Waals surface area (Å²) in [4.78, 5) is 0. The van der Waals surface area contributed by atoms with Crippen LogP contribution in [0.25, 0.3) is 0 Å². The molecule has 2 aliphatic rings. The minimum absolute atomic E-state index is 0.0413. The van der Waals surface area contributed by atoms with Gasteiger partial charge in [0.1, 0.15) is 0 Å². The molecule has 1 aliphatic carbocycles. The Labute approximate surface area is 116 Å². The molecular formula is C13H26N2O3S. The van der Waals surface area contributed by atoms with Crippen LogP contribution in [-0.4, -0.2) is 44.1 Å². The van der Waals surface area contributed by atoms with E-state index in [1.54, 1.807) is 0 Å². The molecule has 19 heavy (non-hydrogen) atoms. The molecule has 1 N–H and O–H groups in total. The smallest absolute Gasteiger partial charge is 0.279 e. The molecule has 0 aromatic heterocycles. The molecule has 5 nitrogen and oxygen atoms in total. The molecule has 6 heteroatoms. The summed E-state index contributed by atoms with van der Waals surface area (Å²) in [5.74, 6) is 0. The van der Waals surface area contributed by atoms with Crippen molar-refractivity contribution >= 4 is 10.2 Å². The van der Waals surface area contributed by atoms with Crippen LogP contribution >= 0.6 is 0 Å². The van der Waals surface area contributed by atoms with Crippen LogP contribution in [0.2, 0.25) is 0 Å². The van der Waals surface area contributed by atoms with Gasteiger partial charge in [-0.05, 0) is 38.5 Å². The van der Waals surface area contributed by atoms with Gasteiger partial charge in [-0.25, -0.2) is 0 Å². The molecule has 1 saturated carbocycles. The van der Waals surface area contributed by atoms with Gasteiger partial charge in [0, 0.05) is 19.1 Å². The zero-order chi connectivity index (χ0) is 14.3. The van der Waals surface area contributed by atoms with E-state index in [0.717, 1.165) is 19.3 Å². The van der Waals surface area contributed by atoms with Crippen LogP contribution in [0.4, 0.5) is 0 Å². The van der Waals surface area contributed by atoms with E-state index in [4.69, 9.17) is 4.74 Å². The number of ether oxygens (including phenoxy) is 1. The van der Waals surface area contributed by atoms with Gasteiger partial charge in [-0.3, -0.25) is 0 Å². The molecule has 0 radical (unpaired) electrons. The number of nitrogens with one attached hydrogen (secondary N) is 1. The van der Waals surface area contributed by atoms with Gasteiger partial charge < -0.3 is 4.74 Å². The van der Waals surface area contributed by atoms with Gasteiger partial charge in [-0.2, -0.15) is 17.4 Å².